The van der Waals surface area contributed by atoms with Crippen LogP contribution in [0.5, 0.6) is 0 Å². The number of hydrogen-bond acceptors (Lipinski definition) is 2. The number of benzene rings is 1. The summed E-state index contributed by atoms with van der Waals surface area (Å²) >= 11 is 4.48. The van der Waals surface area contributed by atoms with E-state index in [1.54, 1.807) is 12.1 Å². The third-order valence-electron chi connectivity index (χ3n) is 2.27. The molecule has 7 heteroatoms. The van der Waals surface area contributed by atoms with Crippen molar-refractivity contribution in [1.82, 2.24) is 0 Å². The third kappa shape index (κ3) is 3.57. The van der Waals surface area contributed by atoms with Crippen LogP contribution >= 0.6 is 27.3 Å². The Morgan fingerprint density at radius 1 is 1.11 bits per heavy atom. The van der Waals surface area contributed by atoms with Crippen molar-refractivity contribution in [3.8, 4) is 0 Å². The van der Waals surface area contributed by atoms with Crippen LogP contribution in [0.25, 0.3) is 0 Å². The summed E-state index contributed by atoms with van der Waals surface area (Å²) in [5, 5.41) is 2.53. The molecule has 0 saturated heterocycles. The van der Waals surface area contributed by atoms with Gasteiger partial charge in [-0.05, 0) is 52.3 Å². The van der Waals surface area contributed by atoms with E-state index in [1.165, 1.54) is 23.5 Å². The van der Waals surface area contributed by atoms with Crippen LogP contribution in [0.15, 0.2) is 40.2 Å². The molecule has 0 aliphatic heterocycles. The van der Waals surface area contributed by atoms with E-state index in [9.17, 15) is 18.0 Å². The summed E-state index contributed by atoms with van der Waals surface area (Å²) in [6, 6.07) is 7.67. The first kappa shape index (κ1) is 14.1. The van der Waals surface area contributed by atoms with Crippen LogP contribution in [0.2, 0.25) is 0 Å². The normalized spacial score (nSPS) is 11.4. The summed E-state index contributed by atoms with van der Waals surface area (Å²) in [6.45, 7) is 0. The molecule has 1 N–H and O–H groups in total. The zero-order chi connectivity index (χ0) is 14.0. The molecule has 0 bridgehead atoms. The quantitative estimate of drug-likeness (QED) is 0.830. The van der Waals surface area contributed by atoms with Crippen LogP contribution in [-0.2, 0) is 6.18 Å². The molecule has 1 aromatic carbocycles. The number of rotatable bonds is 2. The molecule has 2 aromatic rings. The first-order valence-corrected chi connectivity index (χ1v) is 6.71. The van der Waals surface area contributed by atoms with E-state index < -0.39 is 11.7 Å². The Morgan fingerprint density at radius 3 is 2.21 bits per heavy atom. The van der Waals surface area contributed by atoms with E-state index in [0.29, 0.717) is 10.6 Å². The number of carbonyl (C=O) groups excluding carboxylic acids is 1. The van der Waals surface area contributed by atoms with Gasteiger partial charge in [0.05, 0.1) is 14.2 Å². The highest BCUT2D eigenvalue weighted by Crippen LogP contribution is 2.30. The number of nitrogens with one attached hydrogen (secondary N) is 1. The fourth-order valence-electron chi connectivity index (χ4n) is 1.37. The van der Waals surface area contributed by atoms with Crippen LogP contribution in [0.4, 0.5) is 18.9 Å². The first-order chi connectivity index (χ1) is 8.86. The van der Waals surface area contributed by atoms with Crippen molar-refractivity contribution in [3.63, 3.8) is 0 Å². The fraction of sp³-hybridized carbons (Fsp3) is 0.0833. The SMILES string of the molecule is O=C(Nc1ccc(C(F)(F)F)cc1)c1ccc(Br)s1. The molecule has 0 radical (unpaired) electrons. The maximum atomic E-state index is 12.4. The van der Waals surface area contributed by atoms with Crippen molar-refractivity contribution in [2.45, 2.75) is 6.18 Å². The van der Waals surface area contributed by atoms with E-state index in [1.807, 2.05) is 0 Å². The maximum Gasteiger partial charge on any atom is 0.416 e. The minimum atomic E-state index is -4.37. The van der Waals surface area contributed by atoms with Gasteiger partial charge in [0.25, 0.3) is 5.91 Å². The van der Waals surface area contributed by atoms with Crippen LogP contribution in [-0.4, -0.2) is 5.91 Å². The molecule has 1 aromatic heterocycles. The molecule has 0 aliphatic carbocycles. The molecule has 0 fully saturated rings. The maximum absolute atomic E-state index is 12.4. The summed E-state index contributed by atoms with van der Waals surface area (Å²) in [5.74, 6) is -0.351. The number of halogens is 4. The van der Waals surface area contributed by atoms with Crippen molar-refractivity contribution in [1.29, 1.82) is 0 Å². The van der Waals surface area contributed by atoms with Gasteiger partial charge in [-0.1, -0.05) is 0 Å². The van der Waals surface area contributed by atoms with Crippen LogP contribution in [0, 0.1) is 0 Å². The van der Waals surface area contributed by atoms with Crippen molar-refractivity contribution < 1.29 is 18.0 Å². The molecule has 2 nitrogen and oxygen atoms in total. The van der Waals surface area contributed by atoms with Gasteiger partial charge >= 0.3 is 6.18 Å². The van der Waals surface area contributed by atoms with Crippen LogP contribution in [0.1, 0.15) is 15.2 Å². The average molecular weight is 350 g/mol. The van der Waals surface area contributed by atoms with Crippen molar-refractivity contribution in [3.05, 3.63) is 50.6 Å². The van der Waals surface area contributed by atoms with Gasteiger partial charge in [-0.15, -0.1) is 11.3 Å². The second kappa shape index (κ2) is 5.34. The monoisotopic (exact) mass is 349 g/mol. The Balaban J connectivity index is 2.10. The largest absolute Gasteiger partial charge is 0.416 e. The van der Waals surface area contributed by atoms with E-state index >= 15 is 0 Å². The number of alkyl halides is 3. The summed E-state index contributed by atoms with van der Waals surface area (Å²) in [7, 11) is 0. The molecule has 19 heavy (non-hydrogen) atoms. The van der Waals surface area contributed by atoms with Crippen molar-refractivity contribution >= 4 is 38.9 Å². The molecule has 0 spiro atoms. The van der Waals surface area contributed by atoms with Gasteiger partial charge in [0.1, 0.15) is 0 Å². The Hall–Kier alpha value is -1.34. The van der Waals surface area contributed by atoms with E-state index in [-0.39, 0.29) is 5.91 Å². The second-order valence-electron chi connectivity index (χ2n) is 3.63. The number of carbonyl (C=O) groups is 1. The number of amides is 1. The molecule has 1 amide bonds. The standard InChI is InChI=1S/C12H7BrF3NOS/c13-10-6-5-9(19-10)11(18)17-8-3-1-7(2-4-8)12(14,15)16/h1-6H,(H,17,18). The lowest BCUT2D eigenvalue weighted by atomic mass is 10.2. The molecule has 1 heterocycles. The molecule has 0 unspecified atom stereocenters. The minimum absolute atomic E-state index is 0.322. The zero-order valence-electron chi connectivity index (χ0n) is 9.29. The van der Waals surface area contributed by atoms with Gasteiger partial charge in [0, 0.05) is 5.69 Å². The molecule has 0 atom stereocenters. The molecule has 0 aliphatic rings. The second-order valence-corrected chi connectivity index (χ2v) is 6.10. The Bertz CT molecular complexity index is 592. The molecule has 2 rings (SSSR count). The highest BCUT2D eigenvalue weighted by Gasteiger charge is 2.29. The van der Waals surface area contributed by atoms with Gasteiger partial charge in [-0.2, -0.15) is 13.2 Å². The van der Waals surface area contributed by atoms with E-state index in [0.717, 1.165) is 15.9 Å². The molecular weight excluding hydrogens is 343 g/mol. The lowest BCUT2D eigenvalue weighted by Crippen LogP contribution is -2.10. The summed E-state index contributed by atoms with van der Waals surface area (Å²) < 4.78 is 37.9. The first-order valence-electron chi connectivity index (χ1n) is 5.10. The van der Waals surface area contributed by atoms with Gasteiger partial charge in [-0.3, -0.25) is 4.79 Å². The Kier molecular flexibility index (Phi) is 3.96. The number of hydrogen-bond donors (Lipinski definition) is 1. The minimum Gasteiger partial charge on any atom is -0.321 e. The number of thiophene rings is 1. The van der Waals surface area contributed by atoms with Gasteiger partial charge in [0.15, 0.2) is 0 Å². The number of anilines is 1. The average Bonchev–Trinajstić information content (AvgIpc) is 2.75. The van der Waals surface area contributed by atoms with Gasteiger partial charge in [-0.25, -0.2) is 0 Å². The highest BCUT2D eigenvalue weighted by molar-refractivity contribution is 9.11. The Labute approximate surface area is 119 Å². The van der Waals surface area contributed by atoms with E-state index in [4.69, 9.17) is 0 Å². The predicted molar refractivity (Wildman–Crippen MR) is 71.4 cm³/mol. The Morgan fingerprint density at radius 2 is 1.74 bits per heavy atom. The third-order valence-corrected chi connectivity index (χ3v) is 3.89. The summed E-state index contributed by atoms with van der Waals surface area (Å²) in [5.41, 5.74) is -0.424. The molecule has 0 saturated carbocycles. The topological polar surface area (TPSA) is 29.1 Å². The predicted octanol–water partition coefficient (Wildman–Crippen LogP) is 4.78. The lowest BCUT2D eigenvalue weighted by Gasteiger charge is -2.08. The molecular formula is C12H7BrF3NOS. The lowest BCUT2D eigenvalue weighted by molar-refractivity contribution is -0.137. The van der Waals surface area contributed by atoms with Gasteiger partial charge in [0.2, 0.25) is 0 Å². The summed E-state index contributed by atoms with van der Waals surface area (Å²) in [6.07, 6.45) is -4.37. The smallest absolute Gasteiger partial charge is 0.321 e. The summed E-state index contributed by atoms with van der Waals surface area (Å²) in [4.78, 5) is 12.2. The highest BCUT2D eigenvalue weighted by atomic mass is 79.9. The zero-order valence-corrected chi connectivity index (χ0v) is 11.7. The van der Waals surface area contributed by atoms with Crippen LogP contribution < -0.4 is 5.32 Å². The fourth-order valence-corrected chi connectivity index (χ4v) is 2.65. The van der Waals surface area contributed by atoms with Crippen molar-refractivity contribution in [2.24, 2.45) is 0 Å². The van der Waals surface area contributed by atoms with E-state index in [2.05, 4.69) is 21.2 Å². The van der Waals surface area contributed by atoms with Gasteiger partial charge < -0.3 is 5.32 Å². The molecule has 100 valence electrons. The van der Waals surface area contributed by atoms with Crippen molar-refractivity contribution in [2.75, 3.05) is 5.32 Å². The van der Waals surface area contributed by atoms with Crippen LogP contribution in [0.3, 0.4) is 0 Å².